The Bertz CT molecular complexity index is 291. The van der Waals surface area contributed by atoms with E-state index in [4.69, 9.17) is 5.41 Å². The van der Waals surface area contributed by atoms with Crippen LogP contribution in [0.25, 0.3) is 0 Å². The predicted molar refractivity (Wildman–Crippen MR) is 44.0 cm³/mol. The summed E-state index contributed by atoms with van der Waals surface area (Å²) in [7, 11) is 0. The first-order valence-corrected chi connectivity index (χ1v) is 3.84. The van der Waals surface area contributed by atoms with Crippen LogP contribution in [-0.4, -0.2) is 10.7 Å². The molecule has 1 N–H and O–H groups in total. The van der Waals surface area contributed by atoms with Crippen molar-refractivity contribution in [3.63, 3.8) is 0 Å². The van der Waals surface area contributed by atoms with Gasteiger partial charge in [-0.3, -0.25) is 4.98 Å². The van der Waals surface area contributed by atoms with Gasteiger partial charge in [-0.25, -0.2) is 0 Å². The highest BCUT2D eigenvalue weighted by Gasteiger charge is 2.11. The maximum atomic E-state index is 7.50. The quantitative estimate of drug-likeness (QED) is 0.593. The summed E-state index contributed by atoms with van der Waals surface area (Å²) in [6, 6.07) is 2.02. The van der Waals surface area contributed by atoms with Gasteiger partial charge in [0, 0.05) is 24.5 Å². The highest BCUT2D eigenvalue weighted by Crippen LogP contribution is 2.16. The summed E-state index contributed by atoms with van der Waals surface area (Å²) >= 11 is 0. The molecule has 0 atom stereocenters. The van der Waals surface area contributed by atoms with Crippen LogP contribution in [0, 0.1) is 5.41 Å². The van der Waals surface area contributed by atoms with E-state index in [0.717, 1.165) is 25.0 Å². The van der Waals surface area contributed by atoms with Crippen LogP contribution in [0.5, 0.6) is 0 Å². The van der Waals surface area contributed by atoms with Crippen LogP contribution in [0.1, 0.15) is 17.5 Å². The summed E-state index contributed by atoms with van der Waals surface area (Å²) < 4.78 is 0. The van der Waals surface area contributed by atoms with Crippen LogP contribution < -0.4 is 0 Å². The molecule has 1 heterocycles. The number of rotatable bonds is 0. The zero-order valence-corrected chi connectivity index (χ0v) is 6.30. The van der Waals surface area contributed by atoms with Crippen LogP contribution in [-0.2, 0) is 12.8 Å². The number of aryl methyl sites for hydroxylation is 1. The number of aromatic nitrogens is 1. The number of pyridine rings is 1. The van der Waals surface area contributed by atoms with Gasteiger partial charge < -0.3 is 5.41 Å². The van der Waals surface area contributed by atoms with E-state index in [0.29, 0.717) is 0 Å². The summed E-state index contributed by atoms with van der Waals surface area (Å²) in [4.78, 5) is 4.05. The molecular formula is C9H10N2. The largest absolute Gasteiger partial charge is 0.309 e. The van der Waals surface area contributed by atoms with E-state index in [-0.39, 0.29) is 0 Å². The second-order valence-electron chi connectivity index (χ2n) is 2.92. The Morgan fingerprint density at radius 2 is 2.18 bits per heavy atom. The number of nitrogens with zero attached hydrogens (tertiary/aromatic N) is 1. The Morgan fingerprint density at radius 1 is 1.27 bits per heavy atom. The summed E-state index contributed by atoms with van der Waals surface area (Å²) in [5.41, 5.74) is 3.46. The minimum Gasteiger partial charge on any atom is -0.309 e. The van der Waals surface area contributed by atoms with E-state index in [2.05, 4.69) is 4.98 Å². The molecule has 1 aliphatic rings. The monoisotopic (exact) mass is 146 g/mol. The minimum atomic E-state index is 0.831. The molecule has 0 aliphatic heterocycles. The zero-order valence-electron chi connectivity index (χ0n) is 6.30. The Morgan fingerprint density at radius 3 is 3.09 bits per heavy atom. The third-order valence-corrected chi connectivity index (χ3v) is 2.10. The first-order valence-electron chi connectivity index (χ1n) is 3.84. The molecule has 0 aromatic carbocycles. The van der Waals surface area contributed by atoms with E-state index in [1.165, 1.54) is 11.1 Å². The SMILES string of the molecule is N=C1CCc2cnccc2C1. The van der Waals surface area contributed by atoms with Gasteiger partial charge in [-0.1, -0.05) is 0 Å². The van der Waals surface area contributed by atoms with Gasteiger partial charge in [-0.15, -0.1) is 0 Å². The first-order chi connectivity index (χ1) is 5.36. The molecule has 0 spiro atoms. The fourth-order valence-corrected chi connectivity index (χ4v) is 1.46. The third kappa shape index (κ3) is 1.16. The van der Waals surface area contributed by atoms with Crippen molar-refractivity contribution in [1.29, 1.82) is 5.41 Å². The number of hydrogen-bond acceptors (Lipinski definition) is 2. The lowest BCUT2D eigenvalue weighted by atomic mass is 9.92. The molecule has 2 nitrogen and oxygen atoms in total. The molecule has 2 rings (SSSR count). The van der Waals surface area contributed by atoms with Crippen molar-refractivity contribution in [2.75, 3.05) is 0 Å². The van der Waals surface area contributed by atoms with Gasteiger partial charge >= 0.3 is 0 Å². The smallest absolute Gasteiger partial charge is 0.0302 e. The predicted octanol–water partition coefficient (Wildman–Crippen LogP) is 1.59. The fourth-order valence-electron chi connectivity index (χ4n) is 1.46. The van der Waals surface area contributed by atoms with Gasteiger partial charge in [0.2, 0.25) is 0 Å². The maximum Gasteiger partial charge on any atom is 0.0302 e. The third-order valence-electron chi connectivity index (χ3n) is 2.10. The summed E-state index contributed by atoms with van der Waals surface area (Å²) in [5.74, 6) is 0. The normalized spacial score (nSPS) is 16.2. The molecule has 1 aromatic rings. The summed E-state index contributed by atoms with van der Waals surface area (Å²) in [5, 5.41) is 7.50. The van der Waals surface area contributed by atoms with Crippen molar-refractivity contribution in [2.24, 2.45) is 0 Å². The zero-order chi connectivity index (χ0) is 7.68. The van der Waals surface area contributed by atoms with Gasteiger partial charge in [0.15, 0.2) is 0 Å². The molecule has 0 bridgehead atoms. The van der Waals surface area contributed by atoms with Crippen LogP contribution in [0.2, 0.25) is 0 Å². The van der Waals surface area contributed by atoms with Crippen molar-refractivity contribution in [1.82, 2.24) is 4.98 Å². The van der Waals surface area contributed by atoms with Gasteiger partial charge in [0.05, 0.1) is 0 Å². The molecule has 0 fully saturated rings. The molecular weight excluding hydrogens is 136 g/mol. The lowest BCUT2D eigenvalue weighted by molar-refractivity contribution is 0.924. The molecule has 56 valence electrons. The van der Waals surface area contributed by atoms with Crippen LogP contribution >= 0.6 is 0 Å². The molecule has 0 saturated carbocycles. The molecule has 1 aromatic heterocycles. The van der Waals surface area contributed by atoms with E-state index in [9.17, 15) is 0 Å². The Balaban J connectivity index is 2.41. The van der Waals surface area contributed by atoms with Crippen molar-refractivity contribution in [3.8, 4) is 0 Å². The minimum absolute atomic E-state index is 0.831. The second-order valence-corrected chi connectivity index (χ2v) is 2.92. The molecule has 0 saturated heterocycles. The van der Waals surface area contributed by atoms with E-state index in [1.54, 1.807) is 6.20 Å². The molecule has 11 heavy (non-hydrogen) atoms. The first kappa shape index (κ1) is 6.53. The molecule has 1 aliphatic carbocycles. The average molecular weight is 146 g/mol. The van der Waals surface area contributed by atoms with E-state index < -0.39 is 0 Å². The molecule has 0 amide bonds. The molecule has 0 unspecified atom stereocenters. The van der Waals surface area contributed by atoms with Crippen molar-refractivity contribution in [2.45, 2.75) is 19.3 Å². The lowest BCUT2D eigenvalue weighted by Crippen LogP contribution is -2.12. The number of fused-ring (bicyclic) bond motifs is 1. The second kappa shape index (κ2) is 2.46. The molecule has 2 heteroatoms. The molecule has 0 radical (unpaired) electrons. The Hall–Kier alpha value is -1.18. The Labute approximate surface area is 65.8 Å². The van der Waals surface area contributed by atoms with Crippen LogP contribution in [0.3, 0.4) is 0 Å². The van der Waals surface area contributed by atoms with Crippen LogP contribution in [0.15, 0.2) is 18.5 Å². The lowest BCUT2D eigenvalue weighted by Gasteiger charge is -2.14. The van der Waals surface area contributed by atoms with Crippen LogP contribution in [0.4, 0.5) is 0 Å². The van der Waals surface area contributed by atoms with Crippen molar-refractivity contribution >= 4 is 5.71 Å². The van der Waals surface area contributed by atoms with Crippen molar-refractivity contribution in [3.05, 3.63) is 29.6 Å². The number of nitrogens with one attached hydrogen (secondary N) is 1. The fraction of sp³-hybridized carbons (Fsp3) is 0.333. The van der Waals surface area contributed by atoms with Gasteiger partial charge in [0.1, 0.15) is 0 Å². The van der Waals surface area contributed by atoms with E-state index in [1.807, 2.05) is 12.3 Å². The highest BCUT2D eigenvalue weighted by molar-refractivity contribution is 5.85. The Kier molecular flexibility index (Phi) is 1.46. The summed E-state index contributed by atoms with van der Waals surface area (Å²) in [6.45, 7) is 0. The van der Waals surface area contributed by atoms with Crippen molar-refractivity contribution < 1.29 is 0 Å². The maximum absolute atomic E-state index is 7.50. The van der Waals surface area contributed by atoms with E-state index >= 15 is 0 Å². The van der Waals surface area contributed by atoms with Gasteiger partial charge in [-0.2, -0.15) is 0 Å². The van der Waals surface area contributed by atoms with Gasteiger partial charge in [0.25, 0.3) is 0 Å². The topological polar surface area (TPSA) is 36.7 Å². The average Bonchev–Trinajstić information content (AvgIpc) is 2.04. The highest BCUT2D eigenvalue weighted by atomic mass is 14.6. The number of hydrogen-bond donors (Lipinski definition) is 1. The summed E-state index contributed by atoms with van der Waals surface area (Å²) in [6.07, 6.45) is 6.47. The standard InChI is InChI=1S/C9H10N2/c10-9-2-1-8-6-11-4-3-7(8)5-9/h3-4,6,10H,1-2,5H2. The van der Waals surface area contributed by atoms with Gasteiger partial charge in [-0.05, 0) is 30.0 Å².